The van der Waals surface area contributed by atoms with Crippen molar-refractivity contribution in [3.63, 3.8) is 0 Å². The Balaban J connectivity index is 1.88. The summed E-state index contributed by atoms with van der Waals surface area (Å²) in [7, 11) is 0. The minimum absolute atomic E-state index is 0.482. The van der Waals surface area contributed by atoms with Crippen LogP contribution < -0.4 is 0 Å². The summed E-state index contributed by atoms with van der Waals surface area (Å²) >= 11 is 1.44. The van der Waals surface area contributed by atoms with Gasteiger partial charge in [0.15, 0.2) is 11.4 Å². The second kappa shape index (κ2) is 4.62. The highest BCUT2D eigenvalue weighted by Gasteiger charge is 2.04. The maximum atomic E-state index is 10.5. The van der Waals surface area contributed by atoms with Gasteiger partial charge in [0.2, 0.25) is 0 Å². The van der Waals surface area contributed by atoms with Crippen LogP contribution >= 0.6 is 11.8 Å². The zero-order valence-corrected chi connectivity index (χ0v) is 10.1. The third-order valence-electron chi connectivity index (χ3n) is 2.49. The summed E-state index contributed by atoms with van der Waals surface area (Å²) < 4.78 is 0. The van der Waals surface area contributed by atoms with Crippen molar-refractivity contribution in [2.24, 2.45) is 0 Å². The number of aromatic amines is 1. The smallest absolute Gasteiger partial charge is 0.193 e. The average Bonchev–Trinajstić information content (AvgIpc) is 2.82. The number of fused-ring (bicyclic) bond motifs is 1. The van der Waals surface area contributed by atoms with Gasteiger partial charge in [0, 0.05) is 23.3 Å². The van der Waals surface area contributed by atoms with Crippen molar-refractivity contribution in [1.29, 1.82) is 0 Å². The molecule has 18 heavy (non-hydrogen) atoms. The van der Waals surface area contributed by atoms with E-state index in [1.54, 1.807) is 0 Å². The maximum Gasteiger partial charge on any atom is 0.193 e. The van der Waals surface area contributed by atoms with Crippen LogP contribution in [0.3, 0.4) is 0 Å². The van der Waals surface area contributed by atoms with Gasteiger partial charge in [-0.25, -0.2) is 9.97 Å². The van der Waals surface area contributed by atoms with Gasteiger partial charge in [-0.05, 0) is 23.9 Å². The quantitative estimate of drug-likeness (QED) is 0.577. The summed E-state index contributed by atoms with van der Waals surface area (Å²) in [5.41, 5.74) is 1.57. The number of benzene rings is 1. The topological polar surface area (TPSA) is 58.6 Å². The molecule has 0 bridgehead atoms. The third-order valence-corrected chi connectivity index (χ3v) is 3.32. The molecule has 0 saturated carbocycles. The fourth-order valence-corrected chi connectivity index (χ4v) is 2.39. The normalized spacial score (nSPS) is 10.7. The Morgan fingerprint density at radius 1 is 1.17 bits per heavy atom. The predicted octanol–water partition coefficient (Wildman–Crippen LogP) is 2.92. The number of carbonyl (C=O) groups is 1. The van der Waals surface area contributed by atoms with Gasteiger partial charge in [0.05, 0.1) is 10.6 Å². The molecule has 5 heteroatoms. The van der Waals surface area contributed by atoms with Crippen LogP contribution in [0.1, 0.15) is 10.4 Å². The van der Waals surface area contributed by atoms with Crippen molar-refractivity contribution in [3.8, 4) is 0 Å². The zero-order chi connectivity index (χ0) is 12.4. The summed E-state index contributed by atoms with van der Waals surface area (Å²) in [5.74, 6) is 0. The van der Waals surface area contributed by atoms with Crippen LogP contribution in [0.4, 0.5) is 0 Å². The molecule has 0 spiro atoms. The van der Waals surface area contributed by atoms with Crippen LogP contribution in [0.15, 0.2) is 52.9 Å². The molecule has 2 heterocycles. The Kier molecular flexibility index (Phi) is 2.82. The summed E-state index contributed by atoms with van der Waals surface area (Å²) in [6.07, 6.45) is 3.77. The van der Waals surface area contributed by atoms with Crippen molar-refractivity contribution < 1.29 is 4.79 Å². The van der Waals surface area contributed by atoms with E-state index < -0.39 is 0 Å². The summed E-state index contributed by atoms with van der Waals surface area (Å²) in [5, 5.41) is 2.76. The summed E-state index contributed by atoms with van der Waals surface area (Å²) in [6, 6.07) is 10.1. The molecule has 0 saturated heterocycles. The molecule has 0 radical (unpaired) electrons. The molecule has 1 aromatic carbocycles. The molecule has 2 aromatic heterocycles. The largest absolute Gasteiger partial charge is 0.349 e. The van der Waals surface area contributed by atoms with E-state index in [9.17, 15) is 4.79 Å². The van der Waals surface area contributed by atoms with Crippen LogP contribution in [0, 0.1) is 0 Å². The lowest BCUT2D eigenvalue weighted by atomic mass is 10.3. The van der Waals surface area contributed by atoms with E-state index in [0.29, 0.717) is 10.7 Å². The number of aromatic nitrogens is 3. The molecular formula is C13H9N3OS. The van der Waals surface area contributed by atoms with E-state index in [1.165, 1.54) is 24.2 Å². The Morgan fingerprint density at radius 3 is 2.67 bits per heavy atom. The number of nitrogens with one attached hydrogen (secondary N) is 1. The molecule has 0 aliphatic heterocycles. The highest BCUT2D eigenvalue weighted by atomic mass is 32.2. The van der Waals surface area contributed by atoms with Crippen LogP contribution in [0.2, 0.25) is 0 Å². The van der Waals surface area contributed by atoms with E-state index in [2.05, 4.69) is 21.0 Å². The van der Waals surface area contributed by atoms with Crippen molar-refractivity contribution >= 4 is 29.0 Å². The number of rotatable bonds is 3. The number of para-hydroxylation sites is 1. The van der Waals surface area contributed by atoms with Crippen LogP contribution in [0.5, 0.6) is 0 Å². The van der Waals surface area contributed by atoms with Gasteiger partial charge in [0.25, 0.3) is 0 Å². The first-order valence-corrected chi connectivity index (χ1v) is 6.19. The first-order chi connectivity index (χ1) is 8.85. The Bertz CT molecular complexity index is 658. The Morgan fingerprint density at radius 2 is 1.94 bits per heavy atom. The maximum absolute atomic E-state index is 10.5. The van der Waals surface area contributed by atoms with Crippen LogP contribution in [0.25, 0.3) is 10.9 Å². The highest BCUT2D eigenvalue weighted by molar-refractivity contribution is 7.99. The Hall–Kier alpha value is -2.14. The Labute approximate surface area is 107 Å². The van der Waals surface area contributed by atoms with Crippen LogP contribution in [-0.4, -0.2) is 21.2 Å². The summed E-state index contributed by atoms with van der Waals surface area (Å²) in [6.45, 7) is 0. The van der Waals surface area contributed by atoms with E-state index in [-0.39, 0.29) is 0 Å². The van der Waals surface area contributed by atoms with Gasteiger partial charge in [-0.2, -0.15) is 0 Å². The van der Waals surface area contributed by atoms with E-state index in [4.69, 9.17) is 0 Å². The van der Waals surface area contributed by atoms with Gasteiger partial charge in [0.1, 0.15) is 0 Å². The molecule has 0 aliphatic rings. The molecule has 88 valence electrons. The zero-order valence-electron chi connectivity index (χ0n) is 9.33. The molecule has 0 unspecified atom stereocenters. The molecule has 0 amide bonds. The van der Waals surface area contributed by atoms with Gasteiger partial charge in [-0.15, -0.1) is 0 Å². The summed E-state index contributed by atoms with van der Waals surface area (Å²) in [4.78, 5) is 22.0. The molecule has 4 nitrogen and oxygen atoms in total. The fraction of sp³-hybridized carbons (Fsp3) is 0. The van der Waals surface area contributed by atoms with Crippen molar-refractivity contribution in [1.82, 2.24) is 15.0 Å². The number of nitrogens with zero attached hydrogens (tertiary/aromatic N) is 2. The van der Waals surface area contributed by atoms with Gasteiger partial charge < -0.3 is 4.98 Å². The standard InChI is InChI=1S/C13H9N3OS/c17-8-9-6-14-13(15-7-9)18-12-5-10-3-1-2-4-11(10)16-12/h1-8,16H. The number of hydrogen-bond donors (Lipinski definition) is 1. The van der Waals surface area contributed by atoms with E-state index >= 15 is 0 Å². The van der Waals surface area contributed by atoms with E-state index in [1.807, 2.05) is 24.3 Å². The van der Waals surface area contributed by atoms with Crippen molar-refractivity contribution in [3.05, 3.63) is 48.3 Å². The lowest BCUT2D eigenvalue weighted by Crippen LogP contribution is -1.88. The fourth-order valence-electron chi connectivity index (χ4n) is 1.64. The second-order valence-electron chi connectivity index (χ2n) is 3.74. The van der Waals surface area contributed by atoms with E-state index in [0.717, 1.165) is 22.2 Å². The first-order valence-electron chi connectivity index (χ1n) is 5.38. The minimum atomic E-state index is 0.482. The monoisotopic (exact) mass is 255 g/mol. The number of hydrogen-bond acceptors (Lipinski definition) is 4. The molecule has 0 atom stereocenters. The predicted molar refractivity (Wildman–Crippen MR) is 69.8 cm³/mol. The van der Waals surface area contributed by atoms with Gasteiger partial charge >= 0.3 is 0 Å². The third kappa shape index (κ3) is 2.12. The van der Waals surface area contributed by atoms with Crippen LogP contribution in [-0.2, 0) is 0 Å². The highest BCUT2D eigenvalue weighted by Crippen LogP contribution is 2.26. The molecule has 3 aromatic rings. The molecular weight excluding hydrogens is 246 g/mol. The molecule has 1 N–H and O–H groups in total. The number of aldehydes is 1. The minimum Gasteiger partial charge on any atom is -0.349 e. The molecule has 3 rings (SSSR count). The lowest BCUT2D eigenvalue weighted by molar-refractivity contribution is 0.112. The SMILES string of the molecule is O=Cc1cnc(Sc2cc3ccccc3[nH]2)nc1. The number of carbonyl (C=O) groups excluding carboxylic acids is 1. The van der Waals surface area contributed by atoms with Crippen molar-refractivity contribution in [2.45, 2.75) is 10.2 Å². The lowest BCUT2D eigenvalue weighted by Gasteiger charge is -1.96. The number of H-pyrrole nitrogens is 1. The molecule has 0 fully saturated rings. The second-order valence-corrected chi connectivity index (χ2v) is 4.75. The average molecular weight is 255 g/mol. The first kappa shape index (κ1) is 11.0. The van der Waals surface area contributed by atoms with Gasteiger partial charge in [-0.3, -0.25) is 4.79 Å². The van der Waals surface area contributed by atoms with Crippen molar-refractivity contribution in [2.75, 3.05) is 0 Å². The molecule has 0 aliphatic carbocycles. The van der Waals surface area contributed by atoms with Gasteiger partial charge in [-0.1, -0.05) is 18.2 Å².